The Morgan fingerprint density at radius 2 is 1.89 bits per heavy atom. The first-order valence-electron chi connectivity index (χ1n) is 9.52. The van der Waals surface area contributed by atoms with Gasteiger partial charge < -0.3 is 15.2 Å². The molecule has 0 aliphatic heterocycles. The molecule has 1 atom stereocenters. The van der Waals surface area contributed by atoms with Gasteiger partial charge in [-0.25, -0.2) is 4.98 Å². The van der Waals surface area contributed by atoms with E-state index in [0.29, 0.717) is 19.4 Å². The lowest BCUT2D eigenvalue weighted by atomic mass is 10.0. The quantitative estimate of drug-likeness (QED) is 0.643. The summed E-state index contributed by atoms with van der Waals surface area (Å²) in [6.07, 6.45) is 2.07. The molecule has 0 radical (unpaired) electrons. The number of carbonyl (C=O) groups excluding carboxylic acids is 1. The number of rotatable bonds is 8. The summed E-state index contributed by atoms with van der Waals surface area (Å²) in [4.78, 5) is 22.3. The third-order valence-corrected chi connectivity index (χ3v) is 4.92. The Hall–Kier alpha value is -2.66. The number of amides is 1. The van der Waals surface area contributed by atoms with Crippen molar-refractivity contribution >= 4 is 16.9 Å². The van der Waals surface area contributed by atoms with E-state index in [1.54, 1.807) is 0 Å². The Bertz CT molecular complexity index is 850. The molecular weight excluding hydrogens is 336 g/mol. The van der Waals surface area contributed by atoms with Crippen LogP contribution in [0.25, 0.3) is 11.0 Å². The Morgan fingerprint density at radius 1 is 1.15 bits per heavy atom. The maximum Gasteiger partial charge on any atom is 0.220 e. The van der Waals surface area contributed by atoms with Gasteiger partial charge in [0.15, 0.2) is 0 Å². The zero-order valence-electron chi connectivity index (χ0n) is 16.3. The Balaban J connectivity index is 1.54. The van der Waals surface area contributed by atoms with E-state index in [1.165, 1.54) is 11.1 Å². The molecule has 1 aromatic heterocycles. The van der Waals surface area contributed by atoms with Gasteiger partial charge in [0.05, 0.1) is 17.1 Å². The molecule has 2 aromatic carbocycles. The lowest BCUT2D eigenvalue weighted by molar-refractivity contribution is -0.121. The number of aryl methyl sites for hydroxylation is 2. The first kappa shape index (κ1) is 19.1. The third-order valence-electron chi connectivity index (χ3n) is 4.92. The molecule has 1 heterocycles. The van der Waals surface area contributed by atoms with Crippen LogP contribution in [-0.2, 0) is 17.6 Å². The second kappa shape index (κ2) is 8.82. The van der Waals surface area contributed by atoms with E-state index in [4.69, 9.17) is 0 Å². The Morgan fingerprint density at radius 3 is 2.56 bits per heavy atom. The van der Waals surface area contributed by atoms with Crippen molar-refractivity contribution in [2.45, 2.75) is 32.2 Å². The van der Waals surface area contributed by atoms with E-state index >= 15 is 0 Å². The predicted octanol–water partition coefficient (Wildman–Crippen LogP) is 3.48. The summed E-state index contributed by atoms with van der Waals surface area (Å²) >= 11 is 0. The van der Waals surface area contributed by atoms with Crippen molar-refractivity contribution in [3.8, 4) is 0 Å². The monoisotopic (exact) mass is 364 g/mol. The van der Waals surface area contributed by atoms with Crippen molar-refractivity contribution in [2.24, 2.45) is 0 Å². The van der Waals surface area contributed by atoms with E-state index in [2.05, 4.69) is 51.4 Å². The van der Waals surface area contributed by atoms with Crippen molar-refractivity contribution in [1.29, 1.82) is 0 Å². The normalized spacial score (nSPS) is 12.4. The molecule has 0 saturated carbocycles. The molecule has 0 aliphatic rings. The average molecular weight is 364 g/mol. The van der Waals surface area contributed by atoms with Crippen LogP contribution < -0.4 is 5.32 Å². The van der Waals surface area contributed by atoms with Crippen LogP contribution in [0.15, 0.2) is 48.5 Å². The zero-order valence-corrected chi connectivity index (χ0v) is 16.3. The summed E-state index contributed by atoms with van der Waals surface area (Å²) < 4.78 is 0. The van der Waals surface area contributed by atoms with Crippen LogP contribution in [0.3, 0.4) is 0 Å². The van der Waals surface area contributed by atoms with Gasteiger partial charge in [0.2, 0.25) is 5.91 Å². The smallest absolute Gasteiger partial charge is 0.220 e. The molecule has 3 rings (SSSR count). The molecular formula is C22H28N4O. The number of aromatic amines is 1. The lowest BCUT2D eigenvalue weighted by Crippen LogP contribution is -2.34. The molecule has 0 fully saturated rings. The number of para-hydroxylation sites is 2. The fraction of sp³-hybridized carbons (Fsp3) is 0.364. The number of nitrogens with one attached hydrogen (secondary N) is 2. The third kappa shape index (κ3) is 4.95. The highest BCUT2D eigenvalue weighted by molar-refractivity contribution is 5.77. The van der Waals surface area contributed by atoms with Crippen molar-refractivity contribution in [2.75, 3.05) is 20.6 Å². The van der Waals surface area contributed by atoms with Gasteiger partial charge in [0.1, 0.15) is 5.82 Å². The maximum atomic E-state index is 12.3. The summed E-state index contributed by atoms with van der Waals surface area (Å²) in [5.41, 5.74) is 4.49. The molecule has 2 N–H and O–H groups in total. The highest BCUT2D eigenvalue weighted by Crippen LogP contribution is 2.18. The van der Waals surface area contributed by atoms with Crippen LogP contribution in [0.5, 0.6) is 0 Å². The number of fused-ring (bicyclic) bond motifs is 1. The number of hydrogen-bond donors (Lipinski definition) is 2. The van der Waals surface area contributed by atoms with Crippen LogP contribution >= 0.6 is 0 Å². The van der Waals surface area contributed by atoms with E-state index in [9.17, 15) is 4.79 Å². The summed E-state index contributed by atoms with van der Waals surface area (Å²) in [7, 11) is 4.08. The zero-order chi connectivity index (χ0) is 19.2. The summed E-state index contributed by atoms with van der Waals surface area (Å²) in [6.45, 7) is 2.75. The largest absolute Gasteiger partial charge is 0.354 e. The molecule has 0 spiro atoms. The number of imidazole rings is 1. The van der Waals surface area contributed by atoms with Crippen molar-refractivity contribution in [3.05, 3.63) is 65.5 Å². The first-order valence-corrected chi connectivity index (χ1v) is 9.52. The topological polar surface area (TPSA) is 61.0 Å². The SMILES string of the molecule is CCc1ccc(C(CNC(=O)CCc2nc3ccccc3[nH]2)N(C)C)cc1. The van der Waals surface area contributed by atoms with E-state index in [1.807, 2.05) is 38.4 Å². The van der Waals surface area contributed by atoms with Gasteiger partial charge in [-0.1, -0.05) is 43.3 Å². The minimum Gasteiger partial charge on any atom is -0.354 e. The molecule has 142 valence electrons. The number of aromatic nitrogens is 2. The number of carbonyl (C=O) groups is 1. The molecule has 1 unspecified atom stereocenters. The predicted molar refractivity (Wildman–Crippen MR) is 110 cm³/mol. The van der Waals surface area contributed by atoms with Crippen molar-refractivity contribution in [3.63, 3.8) is 0 Å². The number of H-pyrrole nitrogens is 1. The van der Waals surface area contributed by atoms with Crippen LogP contribution in [-0.4, -0.2) is 41.4 Å². The van der Waals surface area contributed by atoms with Gasteiger partial charge in [-0.3, -0.25) is 4.79 Å². The highest BCUT2D eigenvalue weighted by atomic mass is 16.1. The second-order valence-corrected chi connectivity index (χ2v) is 7.08. The Labute approximate surface area is 160 Å². The van der Waals surface area contributed by atoms with Crippen LogP contribution in [0, 0.1) is 0 Å². The fourth-order valence-electron chi connectivity index (χ4n) is 3.23. The number of benzene rings is 2. The number of hydrogen-bond acceptors (Lipinski definition) is 3. The van der Waals surface area contributed by atoms with E-state index in [-0.39, 0.29) is 11.9 Å². The molecule has 0 aliphatic carbocycles. The second-order valence-electron chi connectivity index (χ2n) is 7.08. The standard InChI is InChI=1S/C22H28N4O/c1-4-16-9-11-17(12-10-16)20(26(2)3)15-23-22(27)14-13-21-24-18-7-5-6-8-19(18)25-21/h5-12,20H,4,13-15H2,1-3H3,(H,23,27)(H,24,25). The van der Waals surface area contributed by atoms with Gasteiger partial charge in [-0.15, -0.1) is 0 Å². The fourth-order valence-corrected chi connectivity index (χ4v) is 3.23. The molecule has 27 heavy (non-hydrogen) atoms. The highest BCUT2D eigenvalue weighted by Gasteiger charge is 2.15. The molecule has 5 heteroatoms. The number of likely N-dealkylation sites (N-methyl/N-ethyl adjacent to an activating group) is 1. The van der Waals surface area contributed by atoms with Crippen LogP contribution in [0.1, 0.15) is 36.3 Å². The lowest BCUT2D eigenvalue weighted by Gasteiger charge is -2.25. The van der Waals surface area contributed by atoms with Gasteiger partial charge in [-0.2, -0.15) is 0 Å². The van der Waals surface area contributed by atoms with Gasteiger partial charge in [0, 0.05) is 19.4 Å². The first-order chi connectivity index (χ1) is 13.1. The molecule has 1 amide bonds. The molecule has 3 aromatic rings. The van der Waals surface area contributed by atoms with Crippen LogP contribution in [0.4, 0.5) is 0 Å². The van der Waals surface area contributed by atoms with Gasteiger partial charge >= 0.3 is 0 Å². The van der Waals surface area contributed by atoms with E-state index in [0.717, 1.165) is 23.3 Å². The average Bonchev–Trinajstić information content (AvgIpc) is 3.10. The maximum absolute atomic E-state index is 12.3. The van der Waals surface area contributed by atoms with Gasteiger partial charge in [-0.05, 0) is 43.8 Å². The number of nitrogens with zero attached hydrogens (tertiary/aromatic N) is 2. The van der Waals surface area contributed by atoms with Crippen molar-refractivity contribution in [1.82, 2.24) is 20.2 Å². The molecule has 0 saturated heterocycles. The Kier molecular flexibility index (Phi) is 6.24. The summed E-state index contributed by atoms with van der Waals surface area (Å²) in [5.74, 6) is 0.901. The minimum atomic E-state index is 0.0486. The molecule has 0 bridgehead atoms. The minimum absolute atomic E-state index is 0.0486. The van der Waals surface area contributed by atoms with E-state index < -0.39 is 0 Å². The summed E-state index contributed by atoms with van der Waals surface area (Å²) in [6, 6.07) is 16.7. The van der Waals surface area contributed by atoms with Crippen LogP contribution in [0.2, 0.25) is 0 Å². The summed E-state index contributed by atoms with van der Waals surface area (Å²) in [5, 5.41) is 3.07. The van der Waals surface area contributed by atoms with Crippen molar-refractivity contribution < 1.29 is 4.79 Å². The molecule has 5 nitrogen and oxygen atoms in total. The van der Waals surface area contributed by atoms with Gasteiger partial charge in [0.25, 0.3) is 0 Å².